The quantitative estimate of drug-likeness (QED) is 0.606. The Labute approximate surface area is 63.0 Å². The molecule has 0 atom stereocenters. The molecule has 0 aromatic heterocycles. The molecular formula is C7H5ClFN. The van der Waals surface area contributed by atoms with Crippen LogP contribution in [0.2, 0.25) is 0 Å². The molecule has 0 spiro atoms. The molecule has 52 valence electrons. The number of hydrogen-bond donors (Lipinski definition) is 1. The molecule has 0 saturated carbocycles. The van der Waals surface area contributed by atoms with Gasteiger partial charge in [0.1, 0.15) is 11.0 Å². The average Bonchev–Trinajstić information content (AvgIpc) is 1.88. The number of benzene rings is 1. The largest absolute Gasteiger partial charge is 0.289 e. The van der Waals surface area contributed by atoms with Crippen LogP contribution < -0.4 is 0 Å². The SMILES string of the molecule is N=C(Cl)c1cccc(F)c1. The van der Waals surface area contributed by atoms with Gasteiger partial charge in [-0.25, -0.2) is 4.39 Å². The van der Waals surface area contributed by atoms with Gasteiger partial charge in [0.25, 0.3) is 0 Å². The number of hydrogen-bond acceptors (Lipinski definition) is 1. The van der Waals surface area contributed by atoms with Gasteiger partial charge >= 0.3 is 0 Å². The van der Waals surface area contributed by atoms with Gasteiger partial charge < -0.3 is 0 Å². The topological polar surface area (TPSA) is 23.9 Å². The van der Waals surface area contributed by atoms with Gasteiger partial charge in [-0.15, -0.1) is 0 Å². The van der Waals surface area contributed by atoms with Crippen LogP contribution in [0.3, 0.4) is 0 Å². The second-order valence-electron chi connectivity index (χ2n) is 1.82. The first-order chi connectivity index (χ1) is 4.70. The number of nitrogens with one attached hydrogen (secondary N) is 1. The third-order valence-corrected chi connectivity index (χ3v) is 1.30. The molecule has 0 amide bonds. The zero-order valence-corrected chi connectivity index (χ0v) is 5.82. The molecule has 0 fully saturated rings. The van der Waals surface area contributed by atoms with Crippen molar-refractivity contribution in [3.8, 4) is 0 Å². The molecule has 0 saturated heterocycles. The van der Waals surface area contributed by atoms with E-state index >= 15 is 0 Å². The highest BCUT2D eigenvalue weighted by Crippen LogP contribution is 2.05. The fourth-order valence-electron chi connectivity index (χ4n) is 0.625. The summed E-state index contributed by atoms with van der Waals surface area (Å²) in [5.74, 6) is -0.372. The van der Waals surface area contributed by atoms with Gasteiger partial charge in [-0.1, -0.05) is 23.7 Å². The average molecular weight is 158 g/mol. The smallest absolute Gasteiger partial charge is 0.128 e. The number of halogens is 2. The maximum absolute atomic E-state index is 12.4. The van der Waals surface area contributed by atoms with Crippen molar-refractivity contribution in [2.24, 2.45) is 0 Å². The van der Waals surface area contributed by atoms with E-state index in [4.69, 9.17) is 17.0 Å². The van der Waals surface area contributed by atoms with Gasteiger partial charge in [0.05, 0.1) is 0 Å². The summed E-state index contributed by atoms with van der Waals surface area (Å²) in [4.78, 5) is 0. The van der Waals surface area contributed by atoms with Gasteiger partial charge in [-0.05, 0) is 12.1 Å². The molecule has 0 bridgehead atoms. The Morgan fingerprint density at radius 2 is 2.20 bits per heavy atom. The highest BCUT2D eigenvalue weighted by Gasteiger charge is 1.96. The molecule has 1 nitrogen and oxygen atoms in total. The third kappa shape index (κ3) is 1.54. The van der Waals surface area contributed by atoms with Gasteiger partial charge in [0, 0.05) is 5.56 Å². The van der Waals surface area contributed by atoms with Crippen LogP contribution in [0.1, 0.15) is 5.56 Å². The van der Waals surface area contributed by atoms with Crippen LogP contribution in [-0.2, 0) is 0 Å². The first kappa shape index (κ1) is 7.22. The van der Waals surface area contributed by atoms with Crippen molar-refractivity contribution in [1.29, 1.82) is 5.41 Å². The second kappa shape index (κ2) is 2.80. The Balaban J connectivity index is 3.07. The fraction of sp³-hybridized carbons (Fsp3) is 0. The third-order valence-electron chi connectivity index (χ3n) is 1.08. The van der Waals surface area contributed by atoms with E-state index < -0.39 is 0 Å². The van der Waals surface area contributed by atoms with Crippen molar-refractivity contribution in [3.63, 3.8) is 0 Å². The van der Waals surface area contributed by atoms with Crippen molar-refractivity contribution < 1.29 is 4.39 Å². The highest BCUT2D eigenvalue weighted by molar-refractivity contribution is 6.68. The summed E-state index contributed by atoms with van der Waals surface area (Å²) in [7, 11) is 0. The van der Waals surface area contributed by atoms with E-state index in [1.54, 1.807) is 6.07 Å². The molecule has 0 aliphatic rings. The number of rotatable bonds is 1. The molecule has 0 heterocycles. The van der Waals surface area contributed by atoms with E-state index in [0.29, 0.717) is 5.56 Å². The minimum absolute atomic E-state index is 0.139. The van der Waals surface area contributed by atoms with Crippen LogP contribution in [0.25, 0.3) is 0 Å². The minimum atomic E-state index is -0.372. The molecule has 1 aromatic rings. The zero-order chi connectivity index (χ0) is 7.56. The van der Waals surface area contributed by atoms with E-state index in [9.17, 15) is 4.39 Å². The van der Waals surface area contributed by atoms with Crippen molar-refractivity contribution >= 4 is 16.8 Å². The Bertz CT molecular complexity index is 260. The Morgan fingerprint density at radius 1 is 1.50 bits per heavy atom. The lowest BCUT2D eigenvalue weighted by Crippen LogP contribution is -1.88. The lowest BCUT2D eigenvalue weighted by molar-refractivity contribution is 0.627. The molecular weight excluding hydrogens is 153 g/mol. The van der Waals surface area contributed by atoms with Crippen LogP contribution in [-0.4, -0.2) is 5.17 Å². The van der Waals surface area contributed by atoms with E-state index in [1.807, 2.05) is 0 Å². The first-order valence-electron chi connectivity index (χ1n) is 2.70. The summed E-state index contributed by atoms with van der Waals surface area (Å²) in [5, 5.41) is 6.79. The van der Waals surface area contributed by atoms with E-state index in [-0.39, 0.29) is 11.0 Å². The van der Waals surface area contributed by atoms with Crippen LogP contribution in [0.5, 0.6) is 0 Å². The van der Waals surface area contributed by atoms with E-state index in [0.717, 1.165) is 0 Å². The van der Waals surface area contributed by atoms with Crippen LogP contribution in [0.15, 0.2) is 24.3 Å². The molecule has 1 aromatic carbocycles. The summed E-state index contributed by atoms with van der Waals surface area (Å²) >= 11 is 5.29. The van der Waals surface area contributed by atoms with Crippen molar-refractivity contribution in [2.45, 2.75) is 0 Å². The van der Waals surface area contributed by atoms with E-state index in [1.165, 1.54) is 18.2 Å². The van der Waals surface area contributed by atoms with Crippen LogP contribution in [0.4, 0.5) is 4.39 Å². The predicted molar refractivity (Wildman–Crippen MR) is 39.1 cm³/mol. The van der Waals surface area contributed by atoms with Gasteiger partial charge in [0.15, 0.2) is 0 Å². The standard InChI is InChI=1S/C7H5ClFN/c8-7(10)5-2-1-3-6(9)4-5/h1-4,10H. The Hall–Kier alpha value is -0.890. The second-order valence-corrected chi connectivity index (χ2v) is 2.20. The molecule has 0 unspecified atom stereocenters. The van der Waals surface area contributed by atoms with Crippen molar-refractivity contribution in [2.75, 3.05) is 0 Å². The molecule has 0 radical (unpaired) electrons. The maximum atomic E-state index is 12.4. The molecule has 1 rings (SSSR count). The summed E-state index contributed by atoms with van der Waals surface area (Å²) in [5.41, 5.74) is 0.404. The summed E-state index contributed by atoms with van der Waals surface area (Å²) in [6, 6.07) is 5.62. The van der Waals surface area contributed by atoms with Gasteiger partial charge in [-0.2, -0.15) is 0 Å². The molecule has 0 aliphatic carbocycles. The first-order valence-corrected chi connectivity index (χ1v) is 3.08. The molecule has 10 heavy (non-hydrogen) atoms. The normalized spacial score (nSPS) is 9.40. The zero-order valence-electron chi connectivity index (χ0n) is 5.07. The summed E-state index contributed by atoms with van der Waals surface area (Å²) < 4.78 is 12.4. The van der Waals surface area contributed by atoms with Gasteiger partial charge in [-0.3, -0.25) is 5.41 Å². The predicted octanol–water partition coefficient (Wildman–Crippen LogP) is 2.39. The summed E-state index contributed by atoms with van der Waals surface area (Å²) in [6.07, 6.45) is 0. The molecule has 3 heteroatoms. The monoisotopic (exact) mass is 157 g/mol. The molecule has 0 aliphatic heterocycles. The van der Waals surface area contributed by atoms with Crippen molar-refractivity contribution in [1.82, 2.24) is 0 Å². The molecule has 1 N–H and O–H groups in total. The Kier molecular flexibility index (Phi) is 2.02. The van der Waals surface area contributed by atoms with Crippen molar-refractivity contribution in [3.05, 3.63) is 35.6 Å². The lowest BCUT2D eigenvalue weighted by atomic mass is 10.2. The fourth-order valence-corrected chi connectivity index (χ4v) is 0.743. The van der Waals surface area contributed by atoms with Crippen LogP contribution in [0, 0.1) is 11.2 Å². The minimum Gasteiger partial charge on any atom is -0.289 e. The van der Waals surface area contributed by atoms with Gasteiger partial charge in [0.2, 0.25) is 0 Å². The maximum Gasteiger partial charge on any atom is 0.128 e. The van der Waals surface area contributed by atoms with E-state index in [2.05, 4.69) is 0 Å². The summed E-state index contributed by atoms with van der Waals surface area (Å²) in [6.45, 7) is 0. The highest BCUT2D eigenvalue weighted by atomic mass is 35.5. The lowest BCUT2D eigenvalue weighted by Gasteiger charge is -1.93. The van der Waals surface area contributed by atoms with Crippen LogP contribution >= 0.6 is 11.6 Å². The Morgan fingerprint density at radius 3 is 2.60 bits per heavy atom.